The Kier molecular flexibility index (Phi) is 3.27. The molecule has 3 nitrogen and oxygen atoms in total. The monoisotopic (exact) mass is 213 g/mol. The zero-order valence-corrected chi connectivity index (χ0v) is 9.59. The van der Waals surface area contributed by atoms with Gasteiger partial charge in [0.2, 0.25) is 0 Å². The van der Waals surface area contributed by atoms with E-state index < -0.39 is 0 Å². The lowest BCUT2D eigenvalue weighted by Crippen LogP contribution is -2.12. The van der Waals surface area contributed by atoms with Gasteiger partial charge < -0.3 is 4.90 Å². The second kappa shape index (κ2) is 4.86. The predicted octanol–water partition coefficient (Wildman–Crippen LogP) is 2.21. The lowest BCUT2D eigenvalue weighted by molar-refractivity contribution is 0.402. The van der Waals surface area contributed by atoms with E-state index in [4.69, 9.17) is 0 Å². The average molecular weight is 213 g/mol. The topological polar surface area (TPSA) is 29.0 Å². The number of pyridine rings is 2. The summed E-state index contributed by atoms with van der Waals surface area (Å²) in [6.45, 7) is 0.875. The molecule has 0 unspecified atom stereocenters. The average Bonchev–Trinajstić information content (AvgIpc) is 2.30. The highest BCUT2D eigenvalue weighted by molar-refractivity contribution is 5.58. The summed E-state index contributed by atoms with van der Waals surface area (Å²) in [6, 6.07) is 9.94. The van der Waals surface area contributed by atoms with E-state index in [0.29, 0.717) is 0 Å². The van der Waals surface area contributed by atoms with Gasteiger partial charge in [-0.15, -0.1) is 0 Å². The Bertz CT molecular complexity index is 452. The molecule has 0 amide bonds. The lowest BCUT2D eigenvalue weighted by Gasteiger charge is -2.12. The Morgan fingerprint density at radius 3 is 2.50 bits per heavy atom. The van der Waals surface area contributed by atoms with Gasteiger partial charge >= 0.3 is 0 Å². The highest BCUT2D eigenvalue weighted by atomic mass is 15.0. The number of rotatable bonds is 3. The van der Waals surface area contributed by atoms with Gasteiger partial charge in [-0.2, -0.15) is 0 Å². The molecule has 0 bridgehead atoms. The standard InChI is InChI=1S/C13H15N3/c1-16(2)10-11-6-5-9-15-13(11)12-7-3-4-8-14-12/h3-9H,10H2,1-2H3. The molecule has 2 rings (SSSR count). The van der Waals surface area contributed by atoms with Crippen molar-refractivity contribution in [3.8, 4) is 11.4 Å². The van der Waals surface area contributed by atoms with Crippen LogP contribution in [0.5, 0.6) is 0 Å². The van der Waals surface area contributed by atoms with E-state index in [-0.39, 0.29) is 0 Å². The molecule has 3 heteroatoms. The third kappa shape index (κ3) is 2.44. The predicted molar refractivity (Wildman–Crippen MR) is 64.9 cm³/mol. The zero-order valence-electron chi connectivity index (χ0n) is 9.59. The molecule has 0 fully saturated rings. The van der Waals surface area contributed by atoms with Gasteiger partial charge in [-0.25, -0.2) is 0 Å². The van der Waals surface area contributed by atoms with Gasteiger partial charge in [0, 0.05) is 18.9 Å². The summed E-state index contributed by atoms with van der Waals surface area (Å²) in [5, 5.41) is 0. The number of nitrogens with zero attached hydrogens (tertiary/aromatic N) is 3. The first-order chi connectivity index (χ1) is 7.77. The molecule has 2 heterocycles. The number of hydrogen-bond donors (Lipinski definition) is 0. The summed E-state index contributed by atoms with van der Waals surface area (Å²) in [5.74, 6) is 0. The van der Waals surface area contributed by atoms with Crippen molar-refractivity contribution in [3.05, 3.63) is 48.3 Å². The number of aromatic nitrogens is 2. The minimum Gasteiger partial charge on any atom is -0.305 e. The molecular weight excluding hydrogens is 198 g/mol. The molecule has 0 saturated heterocycles. The summed E-state index contributed by atoms with van der Waals surface area (Å²) in [4.78, 5) is 10.9. The van der Waals surface area contributed by atoms with Crippen molar-refractivity contribution < 1.29 is 0 Å². The minimum absolute atomic E-state index is 0.875. The van der Waals surface area contributed by atoms with Crippen molar-refractivity contribution in [1.82, 2.24) is 14.9 Å². The maximum absolute atomic E-state index is 4.41. The maximum atomic E-state index is 4.41. The van der Waals surface area contributed by atoms with Crippen LogP contribution in [0.25, 0.3) is 11.4 Å². The van der Waals surface area contributed by atoms with Crippen LogP contribution in [0, 0.1) is 0 Å². The molecule has 0 atom stereocenters. The largest absolute Gasteiger partial charge is 0.305 e. The Balaban J connectivity index is 2.41. The summed E-state index contributed by atoms with van der Waals surface area (Å²) >= 11 is 0. The van der Waals surface area contributed by atoms with Crippen LogP contribution >= 0.6 is 0 Å². The van der Waals surface area contributed by atoms with Gasteiger partial charge in [0.05, 0.1) is 11.4 Å². The third-order valence-corrected chi connectivity index (χ3v) is 2.29. The van der Waals surface area contributed by atoms with E-state index >= 15 is 0 Å². The van der Waals surface area contributed by atoms with Gasteiger partial charge in [0.25, 0.3) is 0 Å². The molecule has 82 valence electrons. The van der Waals surface area contributed by atoms with Gasteiger partial charge in [0.15, 0.2) is 0 Å². The first-order valence-electron chi connectivity index (χ1n) is 5.27. The summed E-state index contributed by atoms with van der Waals surface area (Å²) in [5.41, 5.74) is 3.10. The fourth-order valence-electron chi connectivity index (χ4n) is 1.64. The van der Waals surface area contributed by atoms with Crippen molar-refractivity contribution in [2.45, 2.75) is 6.54 Å². The molecule has 0 aliphatic rings. The Morgan fingerprint density at radius 2 is 1.81 bits per heavy atom. The van der Waals surface area contributed by atoms with Crippen LogP contribution in [-0.2, 0) is 6.54 Å². The molecule has 0 aliphatic heterocycles. The van der Waals surface area contributed by atoms with Crippen molar-refractivity contribution in [2.24, 2.45) is 0 Å². The van der Waals surface area contributed by atoms with Gasteiger partial charge in [-0.05, 0) is 37.9 Å². The Hall–Kier alpha value is -1.74. The van der Waals surface area contributed by atoms with E-state index in [1.165, 1.54) is 5.56 Å². The molecule has 2 aromatic rings. The van der Waals surface area contributed by atoms with Crippen LogP contribution < -0.4 is 0 Å². The molecule has 0 saturated carbocycles. The van der Waals surface area contributed by atoms with Crippen LogP contribution in [0.3, 0.4) is 0 Å². The fraction of sp³-hybridized carbons (Fsp3) is 0.231. The SMILES string of the molecule is CN(C)Cc1cccnc1-c1ccccn1. The van der Waals surface area contributed by atoms with Crippen LogP contribution in [-0.4, -0.2) is 29.0 Å². The molecule has 0 N–H and O–H groups in total. The highest BCUT2D eigenvalue weighted by Crippen LogP contribution is 2.19. The fourth-order valence-corrected chi connectivity index (χ4v) is 1.64. The zero-order chi connectivity index (χ0) is 11.4. The van der Waals surface area contributed by atoms with Gasteiger partial charge in [0.1, 0.15) is 0 Å². The summed E-state index contributed by atoms with van der Waals surface area (Å²) in [6.07, 6.45) is 3.60. The summed E-state index contributed by atoms with van der Waals surface area (Å²) < 4.78 is 0. The van der Waals surface area contributed by atoms with Crippen LogP contribution in [0.4, 0.5) is 0 Å². The Morgan fingerprint density at radius 1 is 1.00 bits per heavy atom. The van der Waals surface area contributed by atoms with E-state index in [2.05, 4.69) is 35.0 Å². The van der Waals surface area contributed by atoms with Gasteiger partial charge in [-0.1, -0.05) is 12.1 Å². The van der Waals surface area contributed by atoms with Crippen molar-refractivity contribution in [2.75, 3.05) is 14.1 Å². The number of hydrogen-bond acceptors (Lipinski definition) is 3. The van der Waals surface area contributed by atoms with E-state index in [1.807, 2.05) is 30.5 Å². The summed E-state index contributed by atoms with van der Waals surface area (Å²) in [7, 11) is 4.10. The molecule has 0 aromatic carbocycles. The third-order valence-electron chi connectivity index (χ3n) is 2.29. The molecular formula is C13H15N3. The van der Waals surface area contributed by atoms with E-state index in [1.54, 1.807) is 6.20 Å². The second-order valence-corrected chi connectivity index (χ2v) is 3.96. The normalized spacial score (nSPS) is 10.7. The van der Waals surface area contributed by atoms with Crippen molar-refractivity contribution in [3.63, 3.8) is 0 Å². The van der Waals surface area contributed by atoms with Crippen LogP contribution in [0.2, 0.25) is 0 Å². The maximum Gasteiger partial charge on any atom is 0.0931 e. The van der Waals surface area contributed by atoms with Gasteiger partial charge in [-0.3, -0.25) is 9.97 Å². The van der Waals surface area contributed by atoms with Crippen LogP contribution in [0.15, 0.2) is 42.7 Å². The van der Waals surface area contributed by atoms with Crippen LogP contribution in [0.1, 0.15) is 5.56 Å². The smallest absolute Gasteiger partial charge is 0.0931 e. The first kappa shape index (κ1) is 10.8. The first-order valence-corrected chi connectivity index (χ1v) is 5.27. The minimum atomic E-state index is 0.875. The molecule has 0 radical (unpaired) electrons. The molecule has 16 heavy (non-hydrogen) atoms. The van der Waals surface area contributed by atoms with Crippen molar-refractivity contribution in [1.29, 1.82) is 0 Å². The van der Waals surface area contributed by atoms with E-state index in [0.717, 1.165) is 17.9 Å². The van der Waals surface area contributed by atoms with Crippen molar-refractivity contribution >= 4 is 0 Å². The quantitative estimate of drug-likeness (QED) is 0.782. The molecule has 2 aromatic heterocycles. The lowest BCUT2D eigenvalue weighted by atomic mass is 10.1. The highest BCUT2D eigenvalue weighted by Gasteiger charge is 2.07. The molecule has 0 spiro atoms. The molecule has 0 aliphatic carbocycles. The Labute approximate surface area is 95.8 Å². The second-order valence-electron chi connectivity index (χ2n) is 3.96. The van der Waals surface area contributed by atoms with E-state index in [9.17, 15) is 0 Å².